The Kier molecular flexibility index (Phi) is 4.99. The van der Waals surface area contributed by atoms with Gasteiger partial charge in [0, 0.05) is 18.8 Å². The molecule has 0 unspecified atom stereocenters. The molecule has 0 fully saturated rings. The number of fused-ring (bicyclic) bond motifs is 1. The molecule has 5 heteroatoms. The van der Waals surface area contributed by atoms with Crippen LogP contribution in [0, 0.1) is 5.82 Å². The maximum atomic E-state index is 12.9. The average molecular weight is 328 g/mol. The van der Waals surface area contributed by atoms with Crippen LogP contribution in [0.4, 0.5) is 10.1 Å². The van der Waals surface area contributed by atoms with Crippen molar-refractivity contribution < 1.29 is 14.3 Å². The first-order valence-electron chi connectivity index (χ1n) is 8.20. The fourth-order valence-corrected chi connectivity index (χ4v) is 3.02. The van der Waals surface area contributed by atoms with Crippen LogP contribution in [-0.4, -0.2) is 24.1 Å². The zero-order chi connectivity index (χ0) is 16.9. The first-order chi connectivity index (χ1) is 11.6. The van der Waals surface area contributed by atoms with Gasteiger partial charge in [0.1, 0.15) is 11.6 Å². The molecule has 0 aliphatic carbocycles. The number of carbonyl (C=O) groups is 1. The van der Waals surface area contributed by atoms with Crippen molar-refractivity contribution >= 4 is 11.6 Å². The minimum absolute atomic E-state index is 0.0692. The van der Waals surface area contributed by atoms with Gasteiger partial charge in [0.2, 0.25) is 5.91 Å². The van der Waals surface area contributed by atoms with Gasteiger partial charge in [-0.1, -0.05) is 12.1 Å². The second-order valence-electron chi connectivity index (χ2n) is 6.09. The van der Waals surface area contributed by atoms with Crippen LogP contribution >= 0.6 is 0 Å². The summed E-state index contributed by atoms with van der Waals surface area (Å²) in [5, 5.41) is 12.5. The summed E-state index contributed by atoms with van der Waals surface area (Å²) < 4.78 is 12.9. The van der Waals surface area contributed by atoms with Crippen LogP contribution in [0.3, 0.4) is 0 Å². The van der Waals surface area contributed by atoms with Gasteiger partial charge in [0.25, 0.3) is 0 Å². The number of phenolic OH excluding ortho intramolecular Hbond substituents is 1. The molecule has 0 bridgehead atoms. The van der Waals surface area contributed by atoms with E-state index in [2.05, 4.69) is 10.2 Å². The first-order valence-corrected chi connectivity index (χ1v) is 8.20. The van der Waals surface area contributed by atoms with Crippen LogP contribution in [0.25, 0.3) is 0 Å². The molecule has 0 aromatic heterocycles. The minimum Gasteiger partial charge on any atom is -0.508 e. The lowest BCUT2D eigenvalue weighted by Crippen LogP contribution is -2.37. The number of rotatable bonds is 4. The molecule has 0 saturated carbocycles. The fraction of sp³-hybridized carbons (Fsp3) is 0.316. The van der Waals surface area contributed by atoms with Gasteiger partial charge >= 0.3 is 0 Å². The van der Waals surface area contributed by atoms with Gasteiger partial charge in [-0.25, -0.2) is 4.39 Å². The zero-order valence-electron chi connectivity index (χ0n) is 13.5. The molecule has 2 aromatic carbocycles. The molecule has 4 nitrogen and oxygen atoms in total. The molecule has 126 valence electrons. The van der Waals surface area contributed by atoms with E-state index in [0.717, 1.165) is 42.6 Å². The lowest BCUT2D eigenvalue weighted by atomic mass is 10.1. The van der Waals surface area contributed by atoms with Crippen molar-refractivity contribution in [2.45, 2.75) is 25.8 Å². The Morgan fingerprint density at radius 2 is 1.96 bits per heavy atom. The number of benzene rings is 2. The number of anilines is 1. The van der Waals surface area contributed by atoms with Crippen molar-refractivity contribution in [1.29, 1.82) is 0 Å². The maximum Gasteiger partial charge on any atom is 0.239 e. The molecule has 0 atom stereocenters. The van der Waals surface area contributed by atoms with Crippen LogP contribution in [0.2, 0.25) is 0 Å². The molecule has 3 rings (SSSR count). The Hall–Kier alpha value is -2.56. The van der Waals surface area contributed by atoms with Crippen molar-refractivity contribution in [2.24, 2.45) is 0 Å². The van der Waals surface area contributed by atoms with Crippen LogP contribution in [0.5, 0.6) is 5.75 Å². The van der Waals surface area contributed by atoms with Crippen molar-refractivity contribution in [3.63, 3.8) is 0 Å². The summed E-state index contributed by atoms with van der Waals surface area (Å²) in [5.41, 5.74) is 2.96. The van der Waals surface area contributed by atoms with Crippen molar-refractivity contribution in [2.75, 3.05) is 18.0 Å². The molecular formula is C19H21FN2O2. The summed E-state index contributed by atoms with van der Waals surface area (Å²) in [6.07, 6.45) is 2.97. The number of carbonyl (C=O) groups excluding carboxylic acids is 1. The molecular weight excluding hydrogens is 307 g/mol. The standard InChI is InChI=1S/C19H21FN2O2/c20-16-6-4-14(5-7-16)12-21-19(24)13-22-10-2-1-3-15-11-17(23)8-9-18(15)22/h4-9,11,23H,1-3,10,12-13H2,(H,21,24). The van der Waals surface area contributed by atoms with Gasteiger partial charge in [-0.05, 0) is 60.7 Å². The normalized spacial score (nSPS) is 14.0. The monoisotopic (exact) mass is 328 g/mol. The fourth-order valence-electron chi connectivity index (χ4n) is 3.02. The van der Waals surface area contributed by atoms with E-state index in [1.54, 1.807) is 24.3 Å². The predicted octanol–water partition coefficient (Wildman–Crippen LogP) is 2.99. The third-order valence-electron chi connectivity index (χ3n) is 4.27. The number of phenols is 1. The first kappa shape index (κ1) is 16.3. The number of nitrogens with zero attached hydrogens (tertiary/aromatic N) is 1. The molecule has 0 radical (unpaired) electrons. The third-order valence-corrected chi connectivity index (χ3v) is 4.27. The van der Waals surface area contributed by atoms with Crippen LogP contribution in [-0.2, 0) is 17.8 Å². The molecule has 0 spiro atoms. The lowest BCUT2D eigenvalue weighted by molar-refractivity contribution is -0.119. The van der Waals surface area contributed by atoms with E-state index in [-0.39, 0.29) is 24.0 Å². The summed E-state index contributed by atoms with van der Waals surface area (Å²) >= 11 is 0. The highest BCUT2D eigenvalue weighted by Gasteiger charge is 2.18. The van der Waals surface area contributed by atoms with Gasteiger partial charge < -0.3 is 15.3 Å². The van der Waals surface area contributed by atoms with Crippen molar-refractivity contribution in [3.8, 4) is 5.75 Å². The Morgan fingerprint density at radius 1 is 1.17 bits per heavy atom. The molecule has 2 aromatic rings. The highest BCUT2D eigenvalue weighted by Crippen LogP contribution is 2.29. The van der Waals surface area contributed by atoms with Gasteiger partial charge in [0.15, 0.2) is 0 Å². The van der Waals surface area contributed by atoms with E-state index < -0.39 is 0 Å². The number of hydrogen-bond acceptors (Lipinski definition) is 3. The summed E-state index contributed by atoms with van der Waals surface area (Å²) in [7, 11) is 0. The molecule has 1 aliphatic heterocycles. The molecule has 1 amide bonds. The number of amides is 1. The Bertz CT molecular complexity index is 716. The molecule has 0 saturated heterocycles. The molecule has 1 heterocycles. The van der Waals surface area contributed by atoms with Gasteiger partial charge in [-0.3, -0.25) is 4.79 Å². The second kappa shape index (κ2) is 7.34. The quantitative estimate of drug-likeness (QED) is 0.907. The van der Waals surface area contributed by atoms with Crippen molar-refractivity contribution in [3.05, 3.63) is 59.4 Å². The lowest BCUT2D eigenvalue weighted by Gasteiger charge is -2.24. The van der Waals surface area contributed by atoms with Gasteiger partial charge in [-0.2, -0.15) is 0 Å². The van der Waals surface area contributed by atoms with E-state index in [1.807, 2.05) is 6.07 Å². The predicted molar refractivity (Wildman–Crippen MR) is 91.5 cm³/mol. The minimum atomic E-state index is -0.283. The van der Waals surface area contributed by atoms with Crippen LogP contribution < -0.4 is 10.2 Å². The maximum absolute atomic E-state index is 12.9. The molecule has 24 heavy (non-hydrogen) atoms. The Labute approximate surface area is 140 Å². The largest absolute Gasteiger partial charge is 0.508 e. The number of hydrogen-bond donors (Lipinski definition) is 2. The van der Waals surface area contributed by atoms with E-state index in [0.29, 0.717) is 6.54 Å². The summed E-state index contributed by atoms with van der Waals surface area (Å²) in [5.74, 6) is -0.0916. The van der Waals surface area contributed by atoms with Gasteiger partial charge in [-0.15, -0.1) is 0 Å². The van der Waals surface area contributed by atoms with Crippen LogP contribution in [0.15, 0.2) is 42.5 Å². The number of aromatic hydroxyl groups is 1. The average Bonchev–Trinajstić information content (AvgIpc) is 2.76. The third kappa shape index (κ3) is 4.04. The van der Waals surface area contributed by atoms with Gasteiger partial charge in [0.05, 0.1) is 6.54 Å². The summed E-state index contributed by atoms with van der Waals surface area (Å²) in [6, 6.07) is 11.4. The zero-order valence-corrected chi connectivity index (χ0v) is 13.5. The number of aryl methyl sites for hydroxylation is 1. The SMILES string of the molecule is O=C(CN1CCCCc2cc(O)ccc21)NCc1ccc(F)cc1. The molecule has 2 N–H and O–H groups in total. The van der Waals surface area contributed by atoms with E-state index in [4.69, 9.17) is 0 Å². The Balaban J connectivity index is 1.62. The van der Waals surface area contributed by atoms with Crippen LogP contribution in [0.1, 0.15) is 24.0 Å². The summed E-state index contributed by atoms with van der Waals surface area (Å²) in [4.78, 5) is 14.3. The van der Waals surface area contributed by atoms with E-state index in [1.165, 1.54) is 12.1 Å². The summed E-state index contributed by atoms with van der Waals surface area (Å²) in [6.45, 7) is 1.48. The second-order valence-corrected chi connectivity index (χ2v) is 6.09. The smallest absolute Gasteiger partial charge is 0.239 e. The Morgan fingerprint density at radius 3 is 2.75 bits per heavy atom. The highest BCUT2D eigenvalue weighted by molar-refractivity contribution is 5.81. The molecule has 1 aliphatic rings. The van der Waals surface area contributed by atoms with E-state index in [9.17, 15) is 14.3 Å². The highest BCUT2D eigenvalue weighted by atomic mass is 19.1. The number of nitrogens with one attached hydrogen (secondary N) is 1. The van der Waals surface area contributed by atoms with Crippen molar-refractivity contribution in [1.82, 2.24) is 5.32 Å². The topological polar surface area (TPSA) is 52.6 Å². The van der Waals surface area contributed by atoms with E-state index >= 15 is 0 Å². The number of halogens is 1.